The summed E-state index contributed by atoms with van der Waals surface area (Å²) in [6.07, 6.45) is 16.7. The molecule has 0 N–H and O–H groups in total. The minimum Gasteiger partial charge on any atom is -0.350 e. The van der Waals surface area contributed by atoms with Gasteiger partial charge in [0.2, 0.25) is 0 Å². The Morgan fingerprint density at radius 2 is 0.710 bits per heavy atom. The molecular weight excluding hydrogens is 2220 g/mol. The topological polar surface area (TPSA) is 128 Å². The largest absolute Gasteiger partial charge is 0.350 e. The molecule has 548 valence electrons. The van der Waals surface area contributed by atoms with Crippen molar-refractivity contribution in [1.82, 2.24) is 63.2 Å². The molecule has 0 saturated carbocycles. The summed E-state index contributed by atoms with van der Waals surface area (Å²) in [4.78, 5) is 26.3. The molecule has 18 heteroatoms. The molecule has 18 rings (SSSR count). The molecule has 13 nitrogen and oxygen atoms in total. The third kappa shape index (κ3) is 18.9. The van der Waals surface area contributed by atoms with Crippen molar-refractivity contribution >= 4 is 0 Å². The first kappa shape index (κ1) is 83.2. The monoisotopic (exact) mass is 2290 g/mol. The van der Waals surface area contributed by atoms with Crippen LogP contribution in [0.15, 0.2) is 293 Å². The van der Waals surface area contributed by atoms with E-state index in [0.717, 1.165) is 73.2 Å². The predicted octanol–water partition coefficient (Wildman–Crippen LogP) is 19.3. The van der Waals surface area contributed by atoms with Crippen LogP contribution in [0.25, 0.3) is 118 Å². The van der Waals surface area contributed by atoms with Gasteiger partial charge in [0, 0.05) is 159 Å². The molecule has 6 heterocycles. The van der Waals surface area contributed by atoms with E-state index in [-0.39, 0.29) is 120 Å². The second-order valence-corrected chi connectivity index (χ2v) is 25.9. The van der Waals surface area contributed by atoms with Crippen molar-refractivity contribution in [3.8, 4) is 118 Å². The fraction of sp³-hybridized carbons (Fsp3) is 0.124. The quantitative estimate of drug-likeness (QED) is 0.131. The van der Waals surface area contributed by atoms with E-state index in [4.69, 9.17) is 0 Å². The van der Waals surface area contributed by atoms with Crippen molar-refractivity contribution in [1.29, 1.82) is 0 Å². The molecule has 0 amide bonds. The minimum atomic E-state index is 0. The minimum absolute atomic E-state index is 0. The number of hydrogen-bond acceptors (Lipinski definition) is 8. The van der Waals surface area contributed by atoms with Gasteiger partial charge in [-0.2, -0.15) is 0 Å². The molecule has 16 aromatic rings. The van der Waals surface area contributed by atoms with Crippen LogP contribution in [-0.4, -0.2) is 63.2 Å². The predicted molar refractivity (Wildman–Crippen MR) is 409 cm³/mol. The third-order valence-corrected chi connectivity index (χ3v) is 18.2. The SMILES string of the molecule is C.Cn1cnc(-c2[c-]cc3c(c2)C(C)(C)c2ccccc2-3)c1.Cn1cnc(-c2[c-]cc3c(c2)C(C)(C)c2ccccc2-3)n1.Cn1cnc(-c2[c-]ccc(-c3ccccc3)c2)c1.Cn1cnc(-c2[c-]ccc(-c3ccccc3)c2)n1.[Ir].[Ir].[Ir].[Ir].[Pt].[c-]1ccc(-c2ccccn2)cc1-c1cn(-c2ccccc2)cn1. The number of aromatic nitrogens is 13. The van der Waals surface area contributed by atoms with Crippen LogP contribution < -0.4 is 0 Å². The zero-order valence-electron chi connectivity index (χ0n) is 59.2. The summed E-state index contributed by atoms with van der Waals surface area (Å²) in [5, 5.41) is 8.67. The first-order valence-corrected chi connectivity index (χ1v) is 33.4. The van der Waals surface area contributed by atoms with Gasteiger partial charge in [-0.1, -0.05) is 196 Å². The van der Waals surface area contributed by atoms with E-state index < -0.39 is 0 Å². The number of rotatable bonds is 9. The van der Waals surface area contributed by atoms with Gasteiger partial charge in [0.15, 0.2) is 0 Å². The number of fused-ring (bicyclic) bond motifs is 6. The number of para-hydroxylation sites is 1. The Kier molecular flexibility index (Phi) is 29.1. The normalized spacial score (nSPS) is 11.6. The van der Waals surface area contributed by atoms with Crippen molar-refractivity contribution in [3.05, 3.63) is 346 Å². The molecule has 0 fully saturated rings. The number of hydrogen-bond donors (Lipinski definition) is 0. The molecule has 6 aromatic heterocycles. The second-order valence-electron chi connectivity index (χ2n) is 25.9. The Morgan fingerprint density at radius 3 is 1.18 bits per heavy atom. The molecule has 2 aliphatic carbocycles. The third-order valence-electron chi connectivity index (χ3n) is 18.2. The molecular formula is C89H76Ir4N13Pt-5. The Bertz CT molecular complexity index is 5250. The summed E-state index contributed by atoms with van der Waals surface area (Å²) in [6, 6.07) is 97.1. The van der Waals surface area contributed by atoms with Gasteiger partial charge in [-0.3, -0.25) is 39.3 Å². The average Bonchev–Trinajstić information content (AvgIpc) is 1.59. The van der Waals surface area contributed by atoms with Crippen LogP contribution in [0.1, 0.15) is 57.4 Å². The summed E-state index contributed by atoms with van der Waals surface area (Å²) in [5.74, 6) is 1.43. The smallest absolute Gasteiger partial charge is 0.102 e. The van der Waals surface area contributed by atoms with E-state index in [1.807, 2.05) is 176 Å². The zero-order chi connectivity index (χ0) is 69.5. The van der Waals surface area contributed by atoms with Crippen molar-refractivity contribution in [3.63, 3.8) is 0 Å². The zero-order valence-corrected chi connectivity index (χ0v) is 71.0. The van der Waals surface area contributed by atoms with E-state index in [0.29, 0.717) is 5.82 Å². The van der Waals surface area contributed by atoms with Crippen molar-refractivity contribution in [2.24, 2.45) is 28.2 Å². The van der Waals surface area contributed by atoms with Crippen LogP contribution >= 0.6 is 0 Å². The molecule has 0 bridgehead atoms. The van der Waals surface area contributed by atoms with Crippen molar-refractivity contribution in [2.45, 2.75) is 46.0 Å². The van der Waals surface area contributed by atoms with Crippen LogP contribution in [0.2, 0.25) is 0 Å². The molecule has 0 unspecified atom stereocenters. The maximum atomic E-state index is 4.51. The number of pyridine rings is 1. The van der Waals surface area contributed by atoms with Crippen LogP contribution in [0.3, 0.4) is 0 Å². The van der Waals surface area contributed by atoms with Gasteiger partial charge in [0.05, 0.1) is 36.3 Å². The van der Waals surface area contributed by atoms with Crippen molar-refractivity contribution < 1.29 is 101 Å². The number of nitrogens with zero attached hydrogens (tertiary/aromatic N) is 13. The molecule has 0 saturated heterocycles. The molecule has 0 atom stereocenters. The molecule has 0 aliphatic heterocycles. The van der Waals surface area contributed by atoms with Crippen LogP contribution in [0, 0.1) is 30.3 Å². The maximum Gasteiger partial charge on any atom is 0.102 e. The van der Waals surface area contributed by atoms with Gasteiger partial charge < -0.3 is 13.7 Å². The summed E-state index contributed by atoms with van der Waals surface area (Å²) in [5.41, 5.74) is 26.3. The number of benzene rings is 10. The molecule has 0 spiro atoms. The van der Waals surface area contributed by atoms with Crippen molar-refractivity contribution in [2.75, 3.05) is 0 Å². The molecule has 10 aromatic carbocycles. The van der Waals surface area contributed by atoms with Gasteiger partial charge in [-0.15, -0.1) is 159 Å². The van der Waals surface area contributed by atoms with E-state index in [1.165, 1.54) is 61.2 Å². The summed E-state index contributed by atoms with van der Waals surface area (Å²) >= 11 is 0. The van der Waals surface area contributed by atoms with E-state index >= 15 is 0 Å². The van der Waals surface area contributed by atoms with Crippen LogP contribution in [0.5, 0.6) is 0 Å². The molecule has 2 aliphatic rings. The number of imidazole rings is 3. The summed E-state index contributed by atoms with van der Waals surface area (Å²) in [7, 11) is 7.70. The summed E-state index contributed by atoms with van der Waals surface area (Å²) < 4.78 is 9.33. The van der Waals surface area contributed by atoms with Gasteiger partial charge in [-0.05, 0) is 75.9 Å². The fourth-order valence-corrected chi connectivity index (χ4v) is 12.9. The van der Waals surface area contributed by atoms with Gasteiger partial charge in [0.25, 0.3) is 0 Å². The average molecular weight is 2290 g/mol. The van der Waals surface area contributed by atoms with E-state index in [2.05, 4.69) is 232 Å². The van der Waals surface area contributed by atoms with E-state index in [1.54, 1.807) is 34.5 Å². The Morgan fingerprint density at radius 1 is 0.318 bits per heavy atom. The fourth-order valence-electron chi connectivity index (χ4n) is 12.9. The Labute approximate surface area is 695 Å². The molecule has 107 heavy (non-hydrogen) atoms. The van der Waals surface area contributed by atoms with Crippen LogP contribution in [-0.2, 0) is 141 Å². The number of aryl methyl sites for hydroxylation is 4. The molecule has 4 radical (unpaired) electrons. The maximum absolute atomic E-state index is 4.51. The first-order valence-electron chi connectivity index (χ1n) is 33.4. The standard InChI is InChI=1S/C20H14N3.C19H17N2.C18H16N3.C16H13N2.C15H12N3.CH4.4Ir.Pt/c1-2-9-18(10-3-1)23-14-20(22-15-23)17-8-6-7-16(13-17)19-11-4-5-12-21-19;1-19(2)16-7-5-4-6-14(16)15-9-8-13(10-17(15)19)18-11-21(3)12-20-18;1-18(2)15-7-5-4-6-13(15)14-9-8-12(10-16(14)18)17-19-11-21(3)20-17;1-18-11-16(17-12-18)15-9-5-8-14(10-15)13-6-3-2-4-7-13;1-18-11-16-15(17-18)14-9-5-8-13(10-14)12-6-3-2-4-7-12;;;;;;/h1-7,9-15H;4-7,9-12H,1-3H3;4-7,9-11H,1-3H3;2-8,10-12H,1H3;2-8,10-11H,1H3;1H4;;;;;/q5*-1;;;;;;. The van der Waals surface area contributed by atoms with E-state index in [9.17, 15) is 0 Å². The Hall–Kier alpha value is -9.45. The first-order chi connectivity index (χ1) is 49.2. The van der Waals surface area contributed by atoms with Gasteiger partial charge >= 0.3 is 0 Å². The van der Waals surface area contributed by atoms with Gasteiger partial charge in [0.1, 0.15) is 12.7 Å². The Balaban J connectivity index is 0.000000167. The van der Waals surface area contributed by atoms with Crippen LogP contribution in [0.4, 0.5) is 0 Å². The van der Waals surface area contributed by atoms with Gasteiger partial charge in [-0.25, -0.2) is 10.2 Å². The second kappa shape index (κ2) is 37.4. The summed E-state index contributed by atoms with van der Waals surface area (Å²) in [6.45, 7) is 9.13.